The zero-order chi connectivity index (χ0) is 24.3. The Morgan fingerprint density at radius 3 is 2.18 bits per heavy atom. The number of para-hydroxylation sites is 1. The molecule has 176 valence electrons. The number of hydrogen-bond donors (Lipinski definition) is 0. The first-order valence-electron chi connectivity index (χ1n) is 11.7. The number of imidazole rings is 1. The van der Waals surface area contributed by atoms with Crippen LogP contribution in [0.5, 0.6) is 0 Å². The second-order valence-electron chi connectivity index (χ2n) is 8.77. The largest absolute Gasteiger partial charge is 0.417 e. The van der Waals surface area contributed by atoms with Crippen molar-refractivity contribution >= 4 is 0 Å². The van der Waals surface area contributed by atoms with Gasteiger partial charge in [0.25, 0.3) is 0 Å². The van der Waals surface area contributed by atoms with Crippen LogP contribution in [-0.2, 0) is 12.6 Å². The van der Waals surface area contributed by atoms with E-state index in [1.807, 2.05) is 54.9 Å². The average Bonchev–Trinajstić information content (AvgIpc) is 3.28. The molecule has 0 bridgehead atoms. The molecule has 4 rings (SSSR count). The van der Waals surface area contributed by atoms with Crippen LogP contribution in [0.15, 0.2) is 73.1 Å². The van der Waals surface area contributed by atoms with E-state index >= 15 is 0 Å². The van der Waals surface area contributed by atoms with Crippen LogP contribution in [-0.4, -0.2) is 9.55 Å². The molecule has 0 unspecified atom stereocenters. The molecule has 34 heavy (non-hydrogen) atoms. The van der Waals surface area contributed by atoms with Crippen molar-refractivity contribution in [2.24, 2.45) is 0 Å². The SMILES string of the molecule is CCCCCc1ccc(-c2cc(-c3nccn3-c3c(C)cccc3C)ccc2C(F)(F)F)cc1. The van der Waals surface area contributed by atoms with Crippen molar-refractivity contribution in [3.05, 3.63) is 95.3 Å². The van der Waals surface area contributed by atoms with Crippen LogP contribution in [0, 0.1) is 13.8 Å². The van der Waals surface area contributed by atoms with Gasteiger partial charge >= 0.3 is 6.18 Å². The van der Waals surface area contributed by atoms with Gasteiger partial charge in [0.15, 0.2) is 0 Å². The fraction of sp³-hybridized carbons (Fsp3) is 0.276. The predicted octanol–water partition coefficient (Wildman–Crippen LogP) is 8.57. The molecule has 0 saturated carbocycles. The minimum atomic E-state index is -4.45. The number of unbranched alkanes of at least 4 members (excludes halogenated alkanes) is 2. The molecule has 0 aliphatic rings. The van der Waals surface area contributed by atoms with Gasteiger partial charge in [0.1, 0.15) is 5.82 Å². The first-order valence-corrected chi connectivity index (χ1v) is 11.7. The van der Waals surface area contributed by atoms with Gasteiger partial charge in [-0.1, -0.05) is 68.3 Å². The summed E-state index contributed by atoms with van der Waals surface area (Å²) < 4.78 is 43.7. The topological polar surface area (TPSA) is 17.8 Å². The number of alkyl halides is 3. The highest BCUT2D eigenvalue weighted by Crippen LogP contribution is 2.39. The minimum absolute atomic E-state index is 0.168. The Hall–Kier alpha value is -3.34. The number of benzene rings is 3. The second-order valence-corrected chi connectivity index (χ2v) is 8.77. The third-order valence-electron chi connectivity index (χ3n) is 6.24. The van der Waals surface area contributed by atoms with Crippen LogP contribution in [0.25, 0.3) is 28.2 Å². The Balaban J connectivity index is 1.79. The highest BCUT2D eigenvalue weighted by atomic mass is 19.4. The molecule has 0 radical (unpaired) electrons. The highest BCUT2D eigenvalue weighted by molar-refractivity contribution is 5.75. The fourth-order valence-electron chi connectivity index (χ4n) is 4.48. The second kappa shape index (κ2) is 9.88. The molecule has 2 nitrogen and oxygen atoms in total. The van der Waals surface area contributed by atoms with E-state index in [2.05, 4.69) is 11.9 Å². The van der Waals surface area contributed by atoms with Gasteiger partial charge in [-0.2, -0.15) is 13.2 Å². The standard InChI is InChI=1S/C29H29F3N2/c1-4-5-6-10-22-11-13-23(14-12-22)25-19-24(15-16-26(25)29(30,31)32)28-33-17-18-34(28)27-20(2)8-7-9-21(27)3/h7-9,11-19H,4-6,10H2,1-3H3. The summed E-state index contributed by atoms with van der Waals surface area (Å²) in [5.41, 5.74) is 5.01. The summed E-state index contributed by atoms with van der Waals surface area (Å²) in [5, 5.41) is 0. The van der Waals surface area contributed by atoms with E-state index in [-0.39, 0.29) is 5.56 Å². The van der Waals surface area contributed by atoms with Crippen molar-refractivity contribution in [2.75, 3.05) is 0 Å². The lowest BCUT2D eigenvalue weighted by Crippen LogP contribution is -2.08. The number of rotatable bonds is 7. The number of aromatic nitrogens is 2. The lowest BCUT2D eigenvalue weighted by molar-refractivity contribution is -0.137. The van der Waals surface area contributed by atoms with E-state index in [1.165, 1.54) is 12.1 Å². The summed E-state index contributed by atoms with van der Waals surface area (Å²) in [5.74, 6) is 0.614. The minimum Gasteiger partial charge on any atom is -0.299 e. The van der Waals surface area contributed by atoms with Crippen LogP contribution >= 0.6 is 0 Å². The molecular formula is C29H29F3N2. The number of hydrogen-bond acceptors (Lipinski definition) is 1. The summed E-state index contributed by atoms with van der Waals surface area (Å²) in [6.45, 7) is 6.19. The van der Waals surface area contributed by atoms with E-state index in [0.717, 1.165) is 48.1 Å². The Morgan fingerprint density at radius 2 is 1.53 bits per heavy atom. The van der Waals surface area contributed by atoms with E-state index < -0.39 is 11.7 Å². The Morgan fingerprint density at radius 1 is 0.853 bits per heavy atom. The van der Waals surface area contributed by atoms with Crippen LogP contribution in [0.2, 0.25) is 0 Å². The fourth-order valence-corrected chi connectivity index (χ4v) is 4.48. The van der Waals surface area contributed by atoms with E-state index in [0.29, 0.717) is 17.0 Å². The Labute approximate surface area is 199 Å². The van der Waals surface area contributed by atoms with Gasteiger partial charge in [-0.15, -0.1) is 0 Å². The normalized spacial score (nSPS) is 11.7. The van der Waals surface area contributed by atoms with Crippen molar-refractivity contribution < 1.29 is 13.2 Å². The molecule has 1 heterocycles. The molecule has 5 heteroatoms. The molecule has 0 saturated heterocycles. The van der Waals surface area contributed by atoms with Gasteiger partial charge in [-0.3, -0.25) is 4.57 Å². The lowest BCUT2D eigenvalue weighted by atomic mass is 9.95. The summed E-state index contributed by atoms with van der Waals surface area (Å²) in [6.07, 6.45) is 3.40. The molecule has 0 amide bonds. The van der Waals surface area contributed by atoms with E-state index in [4.69, 9.17) is 0 Å². The monoisotopic (exact) mass is 462 g/mol. The van der Waals surface area contributed by atoms with Crippen LogP contribution < -0.4 is 0 Å². The van der Waals surface area contributed by atoms with Gasteiger partial charge in [-0.25, -0.2) is 4.98 Å². The molecule has 0 atom stereocenters. The maximum Gasteiger partial charge on any atom is 0.417 e. The zero-order valence-electron chi connectivity index (χ0n) is 19.8. The van der Waals surface area contributed by atoms with Crippen LogP contribution in [0.1, 0.15) is 48.4 Å². The Kier molecular flexibility index (Phi) is 6.92. The summed E-state index contributed by atoms with van der Waals surface area (Å²) >= 11 is 0. The molecule has 0 aliphatic carbocycles. The Bertz CT molecular complexity index is 1250. The molecule has 0 N–H and O–H groups in total. The third-order valence-corrected chi connectivity index (χ3v) is 6.24. The zero-order valence-corrected chi connectivity index (χ0v) is 19.8. The van der Waals surface area contributed by atoms with Crippen molar-refractivity contribution in [1.82, 2.24) is 9.55 Å². The molecule has 0 spiro atoms. The van der Waals surface area contributed by atoms with Gasteiger partial charge in [0.2, 0.25) is 0 Å². The highest BCUT2D eigenvalue weighted by Gasteiger charge is 2.34. The summed E-state index contributed by atoms with van der Waals surface area (Å²) in [4.78, 5) is 4.51. The predicted molar refractivity (Wildman–Crippen MR) is 132 cm³/mol. The summed E-state index contributed by atoms with van der Waals surface area (Å²) in [7, 11) is 0. The molecule has 0 fully saturated rings. The number of halogens is 3. The van der Waals surface area contributed by atoms with E-state index in [9.17, 15) is 13.2 Å². The molecule has 0 aliphatic heterocycles. The number of nitrogens with zero attached hydrogens (tertiary/aromatic N) is 2. The van der Waals surface area contributed by atoms with Crippen molar-refractivity contribution in [2.45, 2.75) is 52.6 Å². The van der Waals surface area contributed by atoms with Crippen LogP contribution in [0.3, 0.4) is 0 Å². The third kappa shape index (κ3) is 4.93. The average molecular weight is 463 g/mol. The number of aryl methyl sites for hydroxylation is 3. The summed E-state index contributed by atoms with van der Waals surface area (Å²) in [6, 6.07) is 17.8. The first kappa shape index (κ1) is 23.8. The molecule has 4 aromatic rings. The first-order chi connectivity index (χ1) is 16.3. The van der Waals surface area contributed by atoms with E-state index in [1.54, 1.807) is 24.4 Å². The van der Waals surface area contributed by atoms with Crippen molar-refractivity contribution in [3.63, 3.8) is 0 Å². The lowest BCUT2D eigenvalue weighted by Gasteiger charge is -2.17. The van der Waals surface area contributed by atoms with Gasteiger partial charge in [0.05, 0.1) is 11.3 Å². The molecule has 1 aromatic heterocycles. The van der Waals surface area contributed by atoms with Gasteiger partial charge < -0.3 is 0 Å². The smallest absolute Gasteiger partial charge is 0.299 e. The maximum absolute atomic E-state index is 13.9. The van der Waals surface area contributed by atoms with Crippen LogP contribution in [0.4, 0.5) is 13.2 Å². The van der Waals surface area contributed by atoms with Crippen molar-refractivity contribution in [1.29, 1.82) is 0 Å². The molecule has 3 aromatic carbocycles. The van der Waals surface area contributed by atoms with Crippen molar-refractivity contribution in [3.8, 4) is 28.2 Å². The van der Waals surface area contributed by atoms with Gasteiger partial charge in [-0.05, 0) is 66.6 Å². The quantitative estimate of drug-likeness (QED) is 0.252. The maximum atomic E-state index is 13.9. The molecular weight excluding hydrogens is 433 g/mol. The van der Waals surface area contributed by atoms with Gasteiger partial charge in [0, 0.05) is 18.0 Å².